The van der Waals surface area contributed by atoms with Gasteiger partial charge >= 0.3 is 0 Å². The number of nitrogens with zero attached hydrogens (tertiary/aromatic N) is 3. The van der Waals surface area contributed by atoms with E-state index in [9.17, 15) is 9.59 Å². The number of hydrazone groups is 3. The van der Waals surface area contributed by atoms with Gasteiger partial charge in [-0.3, -0.25) is 36.7 Å². The molecule has 4 aromatic rings. The summed E-state index contributed by atoms with van der Waals surface area (Å²) < 4.78 is 0. The van der Waals surface area contributed by atoms with Crippen molar-refractivity contribution >= 4 is 76.3 Å². The van der Waals surface area contributed by atoms with Crippen LogP contribution in [0.25, 0.3) is 12.2 Å². The predicted molar refractivity (Wildman–Crippen MR) is 234 cm³/mol. The quantitative estimate of drug-likeness (QED) is 0.0358. The van der Waals surface area contributed by atoms with Gasteiger partial charge in [0.2, 0.25) is 17.9 Å². The minimum absolute atomic E-state index is 0.177. The second-order valence-electron chi connectivity index (χ2n) is 12.7. The fourth-order valence-electron chi connectivity index (χ4n) is 5.34. The van der Waals surface area contributed by atoms with Crippen LogP contribution in [-0.4, -0.2) is 52.8 Å². The maximum Gasteiger partial charge on any atom is 0.256 e. The molecule has 0 aliphatic carbocycles. The Balaban J connectivity index is 1.79. The van der Waals surface area contributed by atoms with Gasteiger partial charge in [0.15, 0.2) is 5.96 Å². The van der Waals surface area contributed by atoms with Crippen LogP contribution in [0.2, 0.25) is 0 Å². The number of rotatable bonds is 15. The summed E-state index contributed by atoms with van der Waals surface area (Å²) in [6.45, 7) is 5.27. The second-order valence-corrected chi connectivity index (χ2v) is 12.7. The Hall–Kier alpha value is -8.39. The molecular formula is C39H46N18O2. The van der Waals surface area contributed by atoms with Crippen LogP contribution in [0.1, 0.15) is 74.9 Å². The summed E-state index contributed by atoms with van der Waals surface area (Å²) in [7, 11) is 0. The lowest BCUT2D eigenvalue weighted by atomic mass is 9.97. The van der Waals surface area contributed by atoms with Gasteiger partial charge in [0.1, 0.15) is 0 Å². The van der Waals surface area contributed by atoms with Crippen molar-refractivity contribution < 1.29 is 9.59 Å². The maximum absolute atomic E-state index is 14.3. The topological polar surface area (TPSA) is 355 Å². The molecule has 0 spiro atoms. The summed E-state index contributed by atoms with van der Waals surface area (Å²) in [5.74, 6) is -2.44. The van der Waals surface area contributed by atoms with Gasteiger partial charge in [0.25, 0.3) is 11.8 Å². The molecule has 304 valence electrons. The Labute approximate surface area is 339 Å². The lowest BCUT2D eigenvalue weighted by molar-refractivity contribution is 0.102. The molecule has 0 aromatic heterocycles. The molecule has 0 heterocycles. The Kier molecular flexibility index (Phi) is 15.1. The highest BCUT2D eigenvalue weighted by molar-refractivity contribution is 6.14. The smallest absolute Gasteiger partial charge is 0.256 e. The molecule has 2 amide bonds. The largest absolute Gasteiger partial charge is 0.369 e. The first-order valence-electron chi connectivity index (χ1n) is 17.6. The Morgan fingerprint density at radius 1 is 0.576 bits per heavy atom. The summed E-state index contributed by atoms with van der Waals surface area (Å²) in [4.78, 5) is 28.5. The summed E-state index contributed by atoms with van der Waals surface area (Å²) in [6, 6.07) is 24.5. The lowest BCUT2D eigenvalue weighted by Gasteiger charge is -2.16. The molecule has 0 saturated carbocycles. The average molecular weight is 799 g/mol. The van der Waals surface area contributed by atoms with Crippen LogP contribution in [0.5, 0.6) is 0 Å². The van der Waals surface area contributed by atoms with Crippen LogP contribution in [0, 0.1) is 21.6 Å². The molecule has 0 saturated heterocycles. The third-order valence-corrected chi connectivity index (χ3v) is 8.08. The normalized spacial score (nSPS) is 11.7. The summed E-state index contributed by atoms with van der Waals surface area (Å²) in [5.41, 5.74) is 40.2. The van der Waals surface area contributed by atoms with E-state index in [0.29, 0.717) is 56.3 Å². The fourth-order valence-corrected chi connectivity index (χ4v) is 5.34. The molecule has 4 rings (SSSR count). The van der Waals surface area contributed by atoms with Crippen molar-refractivity contribution in [3.8, 4) is 0 Å². The zero-order chi connectivity index (χ0) is 43.1. The Morgan fingerprint density at radius 3 is 1.49 bits per heavy atom. The molecule has 0 atom stereocenters. The first-order valence-corrected chi connectivity index (χ1v) is 17.6. The highest BCUT2D eigenvalue weighted by atomic mass is 16.2. The standard InChI is InChI=1S/C39H46N18O2/c1-21(51-55-37(42)43)26-14-25(20-48-54-36(40)41)15-29(17-26)49-34(58)32-10-7-11-33(31(32)13-12-24-8-5-4-6-9-24)35(59)50-30-18-27(22(2)52-56-38(44)45)16-28(19-30)23(3)53-57-39(46)47/h4-19,48H,20H2,1-3H3,(H,49,58)(H,50,59)(H4,40,41,54)(H4,42,43,55)(H4,44,45,56)(H4,46,47,57)/b13-12+,51-21+,52-22+,53-23+. The zero-order valence-corrected chi connectivity index (χ0v) is 32.4. The zero-order valence-electron chi connectivity index (χ0n) is 32.4. The summed E-state index contributed by atoms with van der Waals surface area (Å²) in [6.07, 6.45) is 3.48. The van der Waals surface area contributed by atoms with E-state index in [1.807, 2.05) is 30.3 Å². The Bertz CT molecular complexity index is 2330. The minimum Gasteiger partial charge on any atom is -0.369 e. The SMILES string of the molecule is C/C(=N\NC(=N)N)c1cc(CNNC(=N)N)cc(NC(=O)c2cccc(C(=O)Nc3cc(/C(C)=N/NC(=N)N)cc(/C(C)=N/NC(=N)N)c3)c2/C=C/c2ccccc2)c1. The predicted octanol–water partition coefficient (Wildman–Crippen LogP) is 2.47. The number of hydrogen-bond acceptors (Lipinski definition) is 10. The van der Waals surface area contributed by atoms with E-state index < -0.39 is 11.8 Å². The van der Waals surface area contributed by atoms with Crippen molar-refractivity contribution in [3.05, 3.63) is 129 Å². The van der Waals surface area contributed by atoms with Crippen LogP contribution in [0.4, 0.5) is 11.4 Å². The summed E-state index contributed by atoms with van der Waals surface area (Å²) >= 11 is 0. The van der Waals surface area contributed by atoms with Crippen LogP contribution < -0.4 is 60.7 Å². The Morgan fingerprint density at radius 2 is 1.03 bits per heavy atom. The number of amides is 2. The second kappa shape index (κ2) is 20.5. The number of nitrogens with two attached hydrogens (primary N) is 4. The van der Waals surface area contributed by atoms with Crippen LogP contribution in [0.15, 0.2) is 100 Å². The van der Waals surface area contributed by atoms with E-state index in [1.54, 1.807) is 87.5 Å². The van der Waals surface area contributed by atoms with Crippen molar-refractivity contribution in [2.24, 2.45) is 38.2 Å². The number of carbonyl (C=O) groups is 2. The van der Waals surface area contributed by atoms with Gasteiger partial charge in [-0.2, -0.15) is 15.3 Å². The van der Waals surface area contributed by atoms with Crippen molar-refractivity contribution in [1.29, 1.82) is 21.6 Å². The van der Waals surface area contributed by atoms with Crippen molar-refractivity contribution in [3.63, 3.8) is 0 Å². The number of hydrazine groups is 1. The van der Waals surface area contributed by atoms with Crippen LogP contribution >= 0.6 is 0 Å². The summed E-state index contributed by atoms with van der Waals surface area (Å²) in [5, 5.41) is 48.2. The molecule has 0 fully saturated rings. The number of benzene rings is 4. The van der Waals surface area contributed by atoms with Gasteiger partial charge in [-0.1, -0.05) is 48.6 Å². The van der Waals surface area contributed by atoms with Crippen molar-refractivity contribution in [2.75, 3.05) is 10.6 Å². The molecule has 19 N–H and O–H groups in total. The van der Waals surface area contributed by atoms with Crippen LogP contribution in [0.3, 0.4) is 0 Å². The number of hydrogen-bond donors (Lipinski definition) is 15. The van der Waals surface area contributed by atoms with E-state index in [2.05, 4.69) is 53.1 Å². The molecule has 0 bridgehead atoms. The van der Waals surface area contributed by atoms with Gasteiger partial charge in [-0.25, -0.2) is 21.7 Å². The lowest BCUT2D eigenvalue weighted by Crippen LogP contribution is -2.41. The molecule has 0 unspecified atom stereocenters. The van der Waals surface area contributed by atoms with E-state index in [4.69, 9.17) is 44.6 Å². The van der Waals surface area contributed by atoms with E-state index >= 15 is 0 Å². The number of carbonyl (C=O) groups excluding carboxylic acids is 2. The first-order chi connectivity index (χ1) is 28.1. The number of guanidine groups is 4. The number of nitrogens with one attached hydrogen (secondary N) is 11. The molecular weight excluding hydrogens is 753 g/mol. The molecule has 0 radical (unpaired) electrons. The molecule has 20 heteroatoms. The van der Waals surface area contributed by atoms with Crippen LogP contribution in [-0.2, 0) is 6.54 Å². The molecule has 59 heavy (non-hydrogen) atoms. The number of anilines is 2. The van der Waals surface area contributed by atoms with E-state index in [-0.39, 0.29) is 41.5 Å². The van der Waals surface area contributed by atoms with Gasteiger partial charge in [-0.05, 0) is 91.6 Å². The highest BCUT2D eigenvalue weighted by Gasteiger charge is 2.20. The van der Waals surface area contributed by atoms with E-state index in [1.165, 1.54) is 0 Å². The van der Waals surface area contributed by atoms with Gasteiger partial charge in [0.05, 0.1) is 17.1 Å². The van der Waals surface area contributed by atoms with Gasteiger partial charge in [0, 0.05) is 40.2 Å². The highest BCUT2D eigenvalue weighted by Crippen LogP contribution is 2.25. The van der Waals surface area contributed by atoms with Crippen molar-refractivity contribution in [2.45, 2.75) is 27.3 Å². The van der Waals surface area contributed by atoms with Gasteiger partial charge < -0.3 is 33.6 Å². The third-order valence-electron chi connectivity index (χ3n) is 8.08. The van der Waals surface area contributed by atoms with Crippen molar-refractivity contribution in [1.82, 2.24) is 27.1 Å². The first kappa shape index (κ1) is 43.3. The molecule has 20 nitrogen and oxygen atoms in total. The fraction of sp³-hybridized carbons (Fsp3) is 0.103. The molecule has 0 aliphatic heterocycles. The van der Waals surface area contributed by atoms with Gasteiger partial charge in [-0.15, -0.1) is 0 Å². The molecule has 4 aromatic carbocycles. The average Bonchev–Trinajstić information content (AvgIpc) is 3.19. The maximum atomic E-state index is 14.3. The van der Waals surface area contributed by atoms with E-state index in [0.717, 1.165) is 5.56 Å². The minimum atomic E-state index is -0.540. The third kappa shape index (κ3) is 13.4. The monoisotopic (exact) mass is 798 g/mol. The molecule has 0 aliphatic rings.